The third-order valence-electron chi connectivity index (χ3n) is 2.52. The smallest absolute Gasteiger partial charge is 0.257 e. The number of carbonyl (C=O) groups excluding carboxylic acids is 1. The Balaban J connectivity index is 2.28. The lowest BCUT2D eigenvalue weighted by molar-refractivity contribution is 0.102. The molecule has 0 aliphatic heterocycles. The van der Waals surface area contributed by atoms with E-state index in [0.717, 1.165) is 10.0 Å². The van der Waals surface area contributed by atoms with Crippen molar-refractivity contribution in [3.05, 3.63) is 51.2 Å². The van der Waals surface area contributed by atoms with Gasteiger partial charge in [-0.2, -0.15) is 0 Å². The molecule has 1 heterocycles. The van der Waals surface area contributed by atoms with Gasteiger partial charge in [0.05, 0.1) is 23.1 Å². The van der Waals surface area contributed by atoms with Crippen LogP contribution in [-0.4, -0.2) is 10.9 Å². The van der Waals surface area contributed by atoms with Crippen LogP contribution in [0, 0.1) is 6.92 Å². The number of nitrogen functional groups attached to an aromatic ring is 1. The minimum Gasteiger partial charge on any atom is -0.397 e. The van der Waals surface area contributed by atoms with Crippen molar-refractivity contribution in [3.63, 3.8) is 0 Å². The summed E-state index contributed by atoms with van der Waals surface area (Å²) in [4.78, 5) is 15.9. The van der Waals surface area contributed by atoms with Gasteiger partial charge in [0.1, 0.15) is 5.15 Å². The summed E-state index contributed by atoms with van der Waals surface area (Å²) >= 11 is 9.16. The van der Waals surface area contributed by atoms with E-state index in [1.54, 1.807) is 0 Å². The van der Waals surface area contributed by atoms with Gasteiger partial charge in [-0.05, 0) is 46.6 Å². The molecule has 0 unspecified atom stereocenters. The molecule has 0 saturated heterocycles. The van der Waals surface area contributed by atoms with Crippen molar-refractivity contribution in [1.82, 2.24) is 4.98 Å². The van der Waals surface area contributed by atoms with Crippen LogP contribution < -0.4 is 11.1 Å². The third kappa shape index (κ3) is 3.24. The lowest BCUT2D eigenvalue weighted by Gasteiger charge is -2.09. The predicted molar refractivity (Wildman–Crippen MR) is 80.5 cm³/mol. The second-order valence-corrected chi connectivity index (χ2v) is 5.27. The highest BCUT2D eigenvalue weighted by Crippen LogP contribution is 2.25. The molecule has 0 aliphatic carbocycles. The highest BCUT2D eigenvalue weighted by atomic mass is 79.9. The fraction of sp³-hybridized carbons (Fsp3) is 0.0769. The molecule has 0 bridgehead atoms. The predicted octanol–water partition coefficient (Wildman–Crippen LogP) is 3.64. The number of benzene rings is 1. The molecule has 0 saturated carbocycles. The van der Waals surface area contributed by atoms with E-state index in [1.807, 2.05) is 25.1 Å². The molecular weight excluding hydrogens is 330 g/mol. The number of rotatable bonds is 2. The summed E-state index contributed by atoms with van der Waals surface area (Å²) < 4.78 is 0.805. The van der Waals surface area contributed by atoms with E-state index in [-0.39, 0.29) is 16.7 Å². The number of hydrogen-bond acceptors (Lipinski definition) is 3. The summed E-state index contributed by atoms with van der Waals surface area (Å²) in [7, 11) is 0. The van der Waals surface area contributed by atoms with Gasteiger partial charge in [0, 0.05) is 4.47 Å². The zero-order valence-electron chi connectivity index (χ0n) is 10.1. The van der Waals surface area contributed by atoms with Crippen molar-refractivity contribution in [2.45, 2.75) is 6.92 Å². The SMILES string of the molecule is Cc1ccc(NC(=O)c2cc(Cl)ncc2N)c(Br)c1. The van der Waals surface area contributed by atoms with Crippen molar-refractivity contribution < 1.29 is 4.79 Å². The van der Waals surface area contributed by atoms with E-state index < -0.39 is 0 Å². The van der Waals surface area contributed by atoms with Gasteiger partial charge < -0.3 is 11.1 Å². The molecule has 0 atom stereocenters. The summed E-state index contributed by atoms with van der Waals surface area (Å²) in [5, 5.41) is 2.99. The highest BCUT2D eigenvalue weighted by molar-refractivity contribution is 9.10. The molecular formula is C13H11BrClN3O. The van der Waals surface area contributed by atoms with E-state index in [2.05, 4.69) is 26.2 Å². The molecule has 1 aromatic heterocycles. The first-order valence-corrected chi connectivity index (χ1v) is 6.63. The van der Waals surface area contributed by atoms with E-state index in [1.165, 1.54) is 12.3 Å². The Bertz CT molecular complexity index is 646. The zero-order valence-corrected chi connectivity index (χ0v) is 12.4. The Morgan fingerprint density at radius 1 is 1.42 bits per heavy atom. The molecule has 3 N–H and O–H groups in total. The Morgan fingerprint density at radius 2 is 2.16 bits per heavy atom. The molecule has 2 aromatic rings. The number of pyridine rings is 1. The molecule has 0 spiro atoms. The maximum atomic E-state index is 12.1. The van der Waals surface area contributed by atoms with Gasteiger partial charge in [0.25, 0.3) is 5.91 Å². The summed E-state index contributed by atoms with van der Waals surface area (Å²) in [6.45, 7) is 1.97. The van der Waals surface area contributed by atoms with Crippen LogP contribution in [0.4, 0.5) is 11.4 Å². The third-order valence-corrected chi connectivity index (χ3v) is 3.38. The number of amides is 1. The van der Waals surface area contributed by atoms with Gasteiger partial charge in [-0.25, -0.2) is 4.98 Å². The molecule has 0 fully saturated rings. The Hall–Kier alpha value is -1.59. The van der Waals surface area contributed by atoms with Gasteiger partial charge in [0.2, 0.25) is 0 Å². The minimum atomic E-state index is -0.327. The van der Waals surface area contributed by atoms with E-state index in [4.69, 9.17) is 17.3 Å². The number of nitrogens with two attached hydrogens (primary N) is 1. The van der Waals surface area contributed by atoms with Crippen molar-refractivity contribution >= 4 is 44.8 Å². The molecule has 4 nitrogen and oxygen atoms in total. The van der Waals surface area contributed by atoms with Gasteiger partial charge in [-0.1, -0.05) is 17.7 Å². The lowest BCUT2D eigenvalue weighted by atomic mass is 10.2. The average molecular weight is 341 g/mol. The number of hydrogen-bond donors (Lipinski definition) is 2. The molecule has 19 heavy (non-hydrogen) atoms. The molecule has 1 amide bonds. The van der Waals surface area contributed by atoms with Crippen molar-refractivity contribution in [2.75, 3.05) is 11.1 Å². The van der Waals surface area contributed by atoms with E-state index in [0.29, 0.717) is 11.3 Å². The van der Waals surface area contributed by atoms with Crippen LogP contribution in [-0.2, 0) is 0 Å². The van der Waals surface area contributed by atoms with Crippen LogP contribution in [0.5, 0.6) is 0 Å². The first kappa shape index (κ1) is 13.8. The van der Waals surface area contributed by atoms with Gasteiger partial charge in [0.15, 0.2) is 0 Å². The van der Waals surface area contributed by atoms with Crippen LogP contribution in [0.15, 0.2) is 34.9 Å². The second kappa shape index (κ2) is 5.59. The number of halogens is 2. The van der Waals surface area contributed by atoms with E-state index >= 15 is 0 Å². The molecule has 2 rings (SSSR count). The van der Waals surface area contributed by atoms with Crippen molar-refractivity contribution in [1.29, 1.82) is 0 Å². The topological polar surface area (TPSA) is 68.0 Å². The number of carbonyl (C=O) groups is 1. The monoisotopic (exact) mass is 339 g/mol. The molecule has 0 radical (unpaired) electrons. The van der Waals surface area contributed by atoms with Gasteiger partial charge in [-0.15, -0.1) is 0 Å². The highest BCUT2D eigenvalue weighted by Gasteiger charge is 2.12. The quantitative estimate of drug-likeness (QED) is 0.820. The fourth-order valence-electron chi connectivity index (χ4n) is 1.55. The number of anilines is 2. The first-order chi connectivity index (χ1) is 8.97. The Morgan fingerprint density at radius 3 is 2.84 bits per heavy atom. The number of nitrogens with one attached hydrogen (secondary N) is 1. The van der Waals surface area contributed by atoms with Crippen LogP contribution in [0.2, 0.25) is 5.15 Å². The molecule has 98 valence electrons. The van der Waals surface area contributed by atoms with Crippen LogP contribution in [0.3, 0.4) is 0 Å². The summed E-state index contributed by atoms with van der Waals surface area (Å²) in [5.41, 5.74) is 8.06. The van der Waals surface area contributed by atoms with Gasteiger partial charge in [-0.3, -0.25) is 4.79 Å². The minimum absolute atomic E-state index is 0.224. The lowest BCUT2D eigenvalue weighted by Crippen LogP contribution is -2.14. The Kier molecular flexibility index (Phi) is 4.07. The maximum Gasteiger partial charge on any atom is 0.257 e. The zero-order chi connectivity index (χ0) is 14.0. The fourth-order valence-corrected chi connectivity index (χ4v) is 2.30. The van der Waals surface area contributed by atoms with Gasteiger partial charge >= 0.3 is 0 Å². The summed E-state index contributed by atoms with van der Waals surface area (Å²) in [6, 6.07) is 7.08. The average Bonchev–Trinajstić information content (AvgIpc) is 2.35. The first-order valence-electron chi connectivity index (χ1n) is 5.46. The van der Waals surface area contributed by atoms with Crippen LogP contribution in [0.1, 0.15) is 15.9 Å². The molecule has 1 aromatic carbocycles. The summed E-state index contributed by atoms with van der Waals surface area (Å²) in [5.74, 6) is -0.327. The van der Waals surface area contributed by atoms with Crippen molar-refractivity contribution in [2.24, 2.45) is 0 Å². The standard InChI is InChI=1S/C13H11BrClN3O/c1-7-2-3-11(9(14)4-7)18-13(19)8-5-12(15)17-6-10(8)16/h2-6H,16H2,1H3,(H,18,19). The summed E-state index contributed by atoms with van der Waals surface area (Å²) in [6.07, 6.45) is 1.36. The van der Waals surface area contributed by atoms with Crippen LogP contribution in [0.25, 0.3) is 0 Å². The van der Waals surface area contributed by atoms with Crippen molar-refractivity contribution in [3.8, 4) is 0 Å². The van der Waals surface area contributed by atoms with Crippen LogP contribution >= 0.6 is 27.5 Å². The van der Waals surface area contributed by atoms with E-state index in [9.17, 15) is 4.79 Å². The number of nitrogens with zero attached hydrogens (tertiary/aromatic N) is 1. The number of aromatic nitrogens is 1. The molecule has 0 aliphatic rings. The largest absolute Gasteiger partial charge is 0.397 e. The second-order valence-electron chi connectivity index (χ2n) is 4.03. The Labute approximate surface area is 124 Å². The maximum absolute atomic E-state index is 12.1. The normalized spacial score (nSPS) is 10.3. The molecule has 6 heteroatoms. The number of aryl methyl sites for hydroxylation is 1.